The van der Waals surface area contributed by atoms with E-state index in [1.165, 1.54) is 6.26 Å². The Kier molecular flexibility index (Phi) is 7.87. The number of aliphatic hydroxyl groups is 1. The highest BCUT2D eigenvalue weighted by molar-refractivity contribution is 5.91. The van der Waals surface area contributed by atoms with Crippen LogP contribution in [-0.4, -0.2) is 71.2 Å². The lowest BCUT2D eigenvalue weighted by atomic mass is 10.1. The largest absolute Gasteiger partial charge is 0.447 e. The van der Waals surface area contributed by atoms with Gasteiger partial charge in [0.25, 0.3) is 5.91 Å². The maximum absolute atomic E-state index is 12.1. The average Bonchev–Trinajstić information content (AvgIpc) is 3.09. The van der Waals surface area contributed by atoms with Crippen molar-refractivity contribution in [1.29, 1.82) is 0 Å². The van der Waals surface area contributed by atoms with Gasteiger partial charge in [-0.1, -0.05) is 27.2 Å². The Bertz CT molecular complexity index is 526. The third kappa shape index (κ3) is 6.41. The molecule has 1 aliphatic rings. The van der Waals surface area contributed by atoms with E-state index >= 15 is 0 Å². The number of carbonyl (C=O) groups excluding carboxylic acids is 1. The van der Waals surface area contributed by atoms with E-state index in [0.717, 1.165) is 45.6 Å². The summed E-state index contributed by atoms with van der Waals surface area (Å²) in [6, 6.07) is 0. The van der Waals surface area contributed by atoms with E-state index in [0.29, 0.717) is 30.6 Å². The minimum atomic E-state index is -0.241. The Labute approximate surface area is 150 Å². The molecule has 142 valence electrons. The van der Waals surface area contributed by atoms with Gasteiger partial charge in [0.2, 0.25) is 5.89 Å². The maximum Gasteiger partial charge on any atom is 0.273 e. The molecule has 2 N–H and O–H groups in total. The summed E-state index contributed by atoms with van der Waals surface area (Å²) in [5, 5.41) is 12.6. The first-order valence-electron chi connectivity index (χ1n) is 9.37. The van der Waals surface area contributed by atoms with E-state index in [9.17, 15) is 9.90 Å². The number of piperazine rings is 1. The fourth-order valence-electron chi connectivity index (χ4n) is 2.74. The van der Waals surface area contributed by atoms with E-state index in [1.54, 1.807) is 0 Å². The zero-order valence-corrected chi connectivity index (χ0v) is 15.7. The predicted molar refractivity (Wildman–Crippen MR) is 96.3 cm³/mol. The van der Waals surface area contributed by atoms with Crippen LogP contribution in [0.4, 0.5) is 0 Å². The number of rotatable bonds is 9. The van der Waals surface area contributed by atoms with Crippen molar-refractivity contribution >= 4 is 5.91 Å². The standard InChI is InChI=1S/C18H32N4O3/c1-4-14(3)10-19-18(24)16-13-25-17(20-16)12-22-8-6-21(7-9-22)11-15(23)5-2/h13-15,23H,4-12H2,1-3H3,(H,19,24). The molecule has 0 bridgehead atoms. The highest BCUT2D eigenvalue weighted by Crippen LogP contribution is 2.10. The van der Waals surface area contributed by atoms with Gasteiger partial charge >= 0.3 is 0 Å². The SMILES string of the molecule is CCC(C)CNC(=O)c1coc(CN2CCN(CC(O)CC)CC2)n1. The van der Waals surface area contributed by atoms with E-state index < -0.39 is 0 Å². The lowest BCUT2D eigenvalue weighted by Gasteiger charge is -2.34. The summed E-state index contributed by atoms with van der Waals surface area (Å²) < 4.78 is 5.46. The second-order valence-electron chi connectivity index (χ2n) is 6.99. The molecule has 2 rings (SSSR count). The van der Waals surface area contributed by atoms with Crippen molar-refractivity contribution in [3.05, 3.63) is 17.8 Å². The van der Waals surface area contributed by atoms with Gasteiger partial charge in [0.1, 0.15) is 6.26 Å². The van der Waals surface area contributed by atoms with Gasteiger partial charge in [-0.3, -0.25) is 14.6 Å². The number of nitrogens with zero attached hydrogens (tertiary/aromatic N) is 3. The Morgan fingerprint density at radius 2 is 1.96 bits per heavy atom. The van der Waals surface area contributed by atoms with Gasteiger partial charge in [-0.25, -0.2) is 4.98 Å². The van der Waals surface area contributed by atoms with Crippen LogP contribution in [0.25, 0.3) is 0 Å². The summed E-state index contributed by atoms with van der Waals surface area (Å²) in [4.78, 5) is 20.9. The van der Waals surface area contributed by atoms with Crippen LogP contribution in [0.2, 0.25) is 0 Å². The summed E-state index contributed by atoms with van der Waals surface area (Å²) in [6.45, 7) is 11.9. The molecule has 0 spiro atoms. The highest BCUT2D eigenvalue weighted by atomic mass is 16.3. The zero-order valence-electron chi connectivity index (χ0n) is 15.7. The molecule has 2 heterocycles. The number of carbonyl (C=O) groups is 1. The smallest absolute Gasteiger partial charge is 0.273 e. The van der Waals surface area contributed by atoms with Crippen LogP contribution in [0, 0.1) is 5.92 Å². The third-order valence-electron chi connectivity index (χ3n) is 4.86. The molecule has 1 amide bonds. The van der Waals surface area contributed by atoms with Crippen LogP contribution in [0.1, 0.15) is 50.0 Å². The number of hydrogen-bond acceptors (Lipinski definition) is 6. The number of nitrogens with one attached hydrogen (secondary N) is 1. The molecule has 1 aliphatic heterocycles. The molecule has 0 aromatic carbocycles. The quantitative estimate of drug-likeness (QED) is 0.698. The summed E-state index contributed by atoms with van der Waals surface area (Å²) in [7, 11) is 0. The van der Waals surface area contributed by atoms with Crippen molar-refractivity contribution in [3.63, 3.8) is 0 Å². The fourth-order valence-corrected chi connectivity index (χ4v) is 2.74. The van der Waals surface area contributed by atoms with Crippen molar-refractivity contribution < 1.29 is 14.3 Å². The van der Waals surface area contributed by atoms with Gasteiger partial charge in [0.05, 0.1) is 12.6 Å². The first-order valence-corrected chi connectivity index (χ1v) is 9.37. The highest BCUT2D eigenvalue weighted by Gasteiger charge is 2.21. The zero-order chi connectivity index (χ0) is 18.2. The summed E-state index contributed by atoms with van der Waals surface area (Å²) in [6.07, 6.45) is 3.02. The Balaban J connectivity index is 1.75. The van der Waals surface area contributed by atoms with Crippen LogP contribution in [0.15, 0.2) is 10.7 Å². The van der Waals surface area contributed by atoms with E-state index in [2.05, 4.69) is 33.9 Å². The number of aliphatic hydroxyl groups excluding tert-OH is 1. The second kappa shape index (κ2) is 9.89. The molecular weight excluding hydrogens is 320 g/mol. The number of aromatic nitrogens is 1. The Morgan fingerprint density at radius 3 is 2.60 bits per heavy atom. The van der Waals surface area contributed by atoms with Crippen LogP contribution in [0.5, 0.6) is 0 Å². The molecule has 1 fully saturated rings. The molecular formula is C18H32N4O3. The minimum Gasteiger partial charge on any atom is -0.447 e. The number of oxazole rings is 1. The van der Waals surface area contributed by atoms with Gasteiger partial charge in [-0.05, 0) is 12.3 Å². The fraction of sp³-hybridized carbons (Fsp3) is 0.778. The van der Waals surface area contributed by atoms with Gasteiger partial charge in [-0.15, -0.1) is 0 Å². The summed E-state index contributed by atoms with van der Waals surface area (Å²) in [5.41, 5.74) is 0.350. The second-order valence-corrected chi connectivity index (χ2v) is 6.99. The normalized spacial score (nSPS) is 18.9. The summed E-state index contributed by atoms with van der Waals surface area (Å²) >= 11 is 0. The lowest BCUT2D eigenvalue weighted by molar-refractivity contribution is 0.0658. The van der Waals surface area contributed by atoms with Gasteiger partial charge in [0, 0.05) is 39.3 Å². The number of amides is 1. The molecule has 25 heavy (non-hydrogen) atoms. The third-order valence-corrected chi connectivity index (χ3v) is 4.86. The predicted octanol–water partition coefficient (Wildman–Crippen LogP) is 1.34. The molecule has 1 aromatic rings. The molecule has 0 radical (unpaired) electrons. The monoisotopic (exact) mass is 352 g/mol. The van der Waals surface area contributed by atoms with Gasteiger partial charge in [0.15, 0.2) is 5.69 Å². The first kappa shape index (κ1) is 19.9. The van der Waals surface area contributed by atoms with Gasteiger partial charge < -0.3 is 14.8 Å². The Morgan fingerprint density at radius 1 is 1.28 bits per heavy atom. The van der Waals surface area contributed by atoms with Crippen molar-refractivity contribution in [3.8, 4) is 0 Å². The molecule has 2 unspecified atom stereocenters. The Hall–Kier alpha value is -1.44. The van der Waals surface area contributed by atoms with Crippen molar-refractivity contribution in [2.75, 3.05) is 39.3 Å². The molecule has 1 aromatic heterocycles. The molecule has 7 heteroatoms. The maximum atomic E-state index is 12.1. The van der Waals surface area contributed by atoms with Crippen LogP contribution < -0.4 is 5.32 Å². The number of β-amino-alcohol motifs (C(OH)–C–C–N with tert-alkyl or cyclic N) is 1. The van der Waals surface area contributed by atoms with Crippen molar-refractivity contribution in [1.82, 2.24) is 20.1 Å². The molecule has 1 saturated heterocycles. The molecule has 2 atom stereocenters. The summed E-state index contributed by atoms with van der Waals surface area (Å²) in [5.74, 6) is 0.863. The molecule has 0 saturated carbocycles. The van der Waals surface area contributed by atoms with Crippen molar-refractivity contribution in [2.45, 2.75) is 46.3 Å². The molecule has 0 aliphatic carbocycles. The van der Waals surface area contributed by atoms with Gasteiger partial charge in [-0.2, -0.15) is 0 Å². The van der Waals surface area contributed by atoms with Crippen LogP contribution >= 0.6 is 0 Å². The van der Waals surface area contributed by atoms with Crippen molar-refractivity contribution in [2.24, 2.45) is 5.92 Å². The van der Waals surface area contributed by atoms with Crippen LogP contribution in [0.3, 0.4) is 0 Å². The average molecular weight is 352 g/mol. The topological polar surface area (TPSA) is 81.8 Å². The van der Waals surface area contributed by atoms with E-state index in [-0.39, 0.29) is 12.0 Å². The molecule has 7 nitrogen and oxygen atoms in total. The van der Waals surface area contributed by atoms with Crippen LogP contribution in [-0.2, 0) is 6.54 Å². The number of hydrogen-bond donors (Lipinski definition) is 2. The van der Waals surface area contributed by atoms with E-state index in [1.807, 2.05) is 6.92 Å². The first-order chi connectivity index (χ1) is 12.0. The van der Waals surface area contributed by atoms with E-state index in [4.69, 9.17) is 4.42 Å². The minimum absolute atomic E-state index is 0.173. The lowest BCUT2D eigenvalue weighted by Crippen LogP contribution is -2.48.